The van der Waals surface area contributed by atoms with Gasteiger partial charge in [0.25, 0.3) is 0 Å². The average Bonchev–Trinajstić information content (AvgIpc) is 3.30. The number of thiophene rings is 1. The maximum Gasteiger partial charge on any atom is 0.433 e. The summed E-state index contributed by atoms with van der Waals surface area (Å²) in [6.07, 6.45) is -0.210. The predicted molar refractivity (Wildman–Crippen MR) is 95.9 cm³/mol. The molecular weight excluding hydrogens is 377 g/mol. The zero-order valence-corrected chi connectivity index (χ0v) is 15.2. The van der Waals surface area contributed by atoms with Crippen molar-refractivity contribution in [3.63, 3.8) is 0 Å². The lowest BCUT2D eigenvalue weighted by Gasteiger charge is -2.25. The van der Waals surface area contributed by atoms with Crippen LogP contribution in [0, 0.1) is 0 Å². The van der Waals surface area contributed by atoms with E-state index in [1.807, 2.05) is 4.90 Å². The summed E-state index contributed by atoms with van der Waals surface area (Å²) >= 11 is 1.30. The van der Waals surface area contributed by atoms with Crippen molar-refractivity contribution in [1.82, 2.24) is 19.5 Å². The number of nitrogens with zero attached hydrogens (tertiary/aromatic N) is 4. The normalized spacial score (nSPS) is 16.1. The summed E-state index contributed by atoms with van der Waals surface area (Å²) in [6, 6.07) is 4.43. The maximum absolute atomic E-state index is 13.5. The molecular formula is C18H17F3N4OS. The van der Waals surface area contributed by atoms with Crippen LogP contribution in [0.5, 0.6) is 0 Å². The number of likely N-dealkylation sites (tertiary alicyclic amines) is 1. The van der Waals surface area contributed by atoms with Crippen LogP contribution >= 0.6 is 11.3 Å². The van der Waals surface area contributed by atoms with Gasteiger partial charge in [-0.1, -0.05) is 12.5 Å². The van der Waals surface area contributed by atoms with Crippen LogP contribution in [-0.4, -0.2) is 44.9 Å². The van der Waals surface area contributed by atoms with Crippen molar-refractivity contribution in [2.75, 3.05) is 19.6 Å². The topological polar surface area (TPSA) is 50.5 Å². The van der Waals surface area contributed by atoms with Gasteiger partial charge in [-0.3, -0.25) is 9.69 Å². The van der Waals surface area contributed by atoms with Crippen LogP contribution in [0.25, 0.3) is 16.2 Å². The molecule has 0 aliphatic carbocycles. The molecule has 4 heterocycles. The quantitative estimate of drug-likeness (QED) is 0.624. The van der Waals surface area contributed by atoms with Crippen LogP contribution in [0.1, 0.15) is 35.3 Å². The Balaban J connectivity index is 1.78. The minimum absolute atomic E-state index is 0.0461. The molecule has 3 aromatic rings. The SMILES string of the molecule is O=C(CN1CCCCC1)c1cnn2c(C(F)(F)F)cc(-c3cccs3)nc12. The predicted octanol–water partition coefficient (Wildman–Crippen LogP) is 4.15. The molecule has 0 atom stereocenters. The van der Waals surface area contributed by atoms with Crippen LogP contribution in [-0.2, 0) is 6.18 Å². The van der Waals surface area contributed by atoms with Gasteiger partial charge in [0, 0.05) is 0 Å². The highest BCUT2D eigenvalue weighted by Crippen LogP contribution is 2.33. The van der Waals surface area contributed by atoms with E-state index in [9.17, 15) is 18.0 Å². The molecule has 1 aliphatic rings. The van der Waals surface area contributed by atoms with Crippen molar-refractivity contribution in [2.24, 2.45) is 0 Å². The molecule has 0 amide bonds. The zero-order valence-electron chi connectivity index (χ0n) is 14.4. The molecule has 1 aliphatic heterocycles. The minimum Gasteiger partial charge on any atom is -0.296 e. The fourth-order valence-electron chi connectivity index (χ4n) is 3.32. The van der Waals surface area contributed by atoms with Gasteiger partial charge in [-0.2, -0.15) is 18.3 Å². The molecule has 1 saturated heterocycles. The van der Waals surface area contributed by atoms with Gasteiger partial charge < -0.3 is 0 Å². The van der Waals surface area contributed by atoms with E-state index < -0.39 is 11.9 Å². The average molecular weight is 394 g/mol. The second-order valence-electron chi connectivity index (χ2n) is 6.56. The lowest BCUT2D eigenvalue weighted by Crippen LogP contribution is -2.34. The molecule has 142 valence electrons. The van der Waals surface area contributed by atoms with Crippen molar-refractivity contribution in [1.29, 1.82) is 0 Å². The fraction of sp³-hybridized carbons (Fsp3) is 0.389. The number of fused-ring (bicyclic) bond motifs is 1. The van der Waals surface area contributed by atoms with E-state index in [4.69, 9.17) is 0 Å². The van der Waals surface area contributed by atoms with Crippen LogP contribution in [0.2, 0.25) is 0 Å². The Bertz CT molecular complexity index is 959. The van der Waals surface area contributed by atoms with Gasteiger partial charge in [-0.05, 0) is 43.4 Å². The number of piperidine rings is 1. The summed E-state index contributed by atoms with van der Waals surface area (Å²) in [5.74, 6) is -0.254. The number of Topliss-reactive ketones (excluding diaryl/α,β-unsaturated/α-hetero) is 1. The van der Waals surface area contributed by atoms with Gasteiger partial charge in [0.1, 0.15) is 0 Å². The Kier molecular flexibility index (Phi) is 4.73. The van der Waals surface area contributed by atoms with Gasteiger partial charge in [-0.25, -0.2) is 9.50 Å². The number of hydrogen-bond donors (Lipinski definition) is 0. The van der Waals surface area contributed by atoms with E-state index in [-0.39, 0.29) is 29.2 Å². The second kappa shape index (κ2) is 7.05. The standard InChI is InChI=1S/C18H17F3N4OS/c19-18(20,21)16-9-13(15-5-4-8-27-15)23-17-12(10-22-25(16)17)14(26)11-24-6-2-1-3-7-24/h4-5,8-10H,1-3,6-7,11H2. The Morgan fingerprint density at radius 2 is 2.00 bits per heavy atom. The number of ketones is 1. The molecule has 0 aromatic carbocycles. The molecule has 4 rings (SSSR count). The lowest BCUT2D eigenvalue weighted by atomic mass is 10.1. The molecule has 3 aromatic heterocycles. The molecule has 0 unspecified atom stereocenters. The van der Waals surface area contributed by atoms with Gasteiger partial charge in [0.2, 0.25) is 0 Å². The van der Waals surface area contributed by atoms with Gasteiger partial charge in [0.05, 0.1) is 28.9 Å². The Hall–Kier alpha value is -2.26. The molecule has 9 heteroatoms. The summed E-state index contributed by atoms with van der Waals surface area (Å²) in [5, 5.41) is 5.59. The first kappa shape index (κ1) is 18.1. The number of carbonyl (C=O) groups excluding carboxylic acids is 1. The fourth-order valence-corrected chi connectivity index (χ4v) is 4.00. The number of hydrogen-bond acceptors (Lipinski definition) is 5. The highest BCUT2D eigenvalue weighted by molar-refractivity contribution is 7.13. The largest absolute Gasteiger partial charge is 0.433 e. The second-order valence-corrected chi connectivity index (χ2v) is 7.50. The van der Waals surface area contributed by atoms with Crippen molar-refractivity contribution < 1.29 is 18.0 Å². The van der Waals surface area contributed by atoms with E-state index in [0.717, 1.165) is 42.9 Å². The summed E-state index contributed by atoms with van der Waals surface area (Å²) < 4.78 is 41.4. The number of carbonyl (C=O) groups is 1. The number of halogens is 3. The highest BCUT2D eigenvalue weighted by atomic mass is 32.1. The highest BCUT2D eigenvalue weighted by Gasteiger charge is 2.36. The Morgan fingerprint density at radius 3 is 2.67 bits per heavy atom. The van der Waals surface area contributed by atoms with E-state index in [1.165, 1.54) is 17.5 Å². The van der Waals surface area contributed by atoms with Crippen LogP contribution in [0.3, 0.4) is 0 Å². The first-order valence-electron chi connectivity index (χ1n) is 8.69. The van der Waals surface area contributed by atoms with Gasteiger partial charge in [-0.15, -0.1) is 11.3 Å². The third-order valence-electron chi connectivity index (χ3n) is 4.65. The number of aromatic nitrogens is 3. The molecule has 0 spiro atoms. The van der Waals surface area contributed by atoms with Crippen molar-refractivity contribution in [2.45, 2.75) is 25.4 Å². The van der Waals surface area contributed by atoms with E-state index in [2.05, 4.69) is 10.1 Å². The summed E-state index contributed by atoms with van der Waals surface area (Å²) in [7, 11) is 0. The molecule has 0 saturated carbocycles. The molecule has 0 N–H and O–H groups in total. The van der Waals surface area contributed by atoms with E-state index in [1.54, 1.807) is 17.5 Å². The van der Waals surface area contributed by atoms with E-state index in [0.29, 0.717) is 4.88 Å². The van der Waals surface area contributed by atoms with Crippen LogP contribution in [0.15, 0.2) is 29.8 Å². The van der Waals surface area contributed by atoms with Gasteiger partial charge in [0.15, 0.2) is 17.1 Å². The van der Waals surface area contributed by atoms with Crippen molar-refractivity contribution >= 4 is 22.8 Å². The summed E-state index contributed by atoms with van der Waals surface area (Å²) in [6.45, 7) is 1.83. The molecule has 5 nitrogen and oxygen atoms in total. The van der Waals surface area contributed by atoms with Gasteiger partial charge >= 0.3 is 6.18 Å². The smallest absolute Gasteiger partial charge is 0.296 e. The molecule has 1 fully saturated rings. The zero-order chi connectivity index (χ0) is 19.0. The summed E-state index contributed by atoms with van der Waals surface area (Å²) in [5.41, 5.74) is -0.662. The van der Waals surface area contributed by atoms with Crippen molar-refractivity contribution in [3.05, 3.63) is 41.0 Å². The van der Waals surface area contributed by atoms with Crippen LogP contribution in [0.4, 0.5) is 13.2 Å². The van der Waals surface area contributed by atoms with Crippen LogP contribution < -0.4 is 0 Å². The molecule has 27 heavy (non-hydrogen) atoms. The summed E-state index contributed by atoms with van der Waals surface area (Å²) in [4.78, 5) is 19.7. The number of rotatable bonds is 4. The Labute approximate surface area is 157 Å². The lowest BCUT2D eigenvalue weighted by molar-refractivity contribution is -0.142. The first-order chi connectivity index (χ1) is 12.9. The monoisotopic (exact) mass is 394 g/mol. The number of alkyl halides is 3. The van der Waals surface area contributed by atoms with E-state index >= 15 is 0 Å². The Morgan fingerprint density at radius 1 is 1.22 bits per heavy atom. The molecule has 0 bridgehead atoms. The third kappa shape index (κ3) is 3.61. The maximum atomic E-state index is 13.5. The van der Waals surface area contributed by atoms with Crippen molar-refractivity contribution in [3.8, 4) is 10.6 Å². The minimum atomic E-state index is -4.60. The third-order valence-corrected chi connectivity index (χ3v) is 5.54. The first-order valence-corrected chi connectivity index (χ1v) is 9.57. The molecule has 0 radical (unpaired) electrons.